The largest absolute Gasteiger partial charge is 0.478 e. The van der Waals surface area contributed by atoms with E-state index in [2.05, 4.69) is 10.3 Å². The molecule has 2 heterocycles. The van der Waals surface area contributed by atoms with Gasteiger partial charge in [0.1, 0.15) is 12.3 Å². The van der Waals surface area contributed by atoms with Gasteiger partial charge >= 0.3 is 5.97 Å². The first-order valence-corrected chi connectivity index (χ1v) is 11.9. The van der Waals surface area contributed by atoms with Gasteiger partial charge in [-0.1, -0.05) is 6.92 Å². The van der Waals surface area contributed by atoms with Crippen LogP contribution < -0.4 is 15.0 Å². The Morgan fingerprint density at radius 1 is 1.18 bits per heavy atom. The van der Waals surface area contributed by atoms with Gasteiger partial charge in [0.25, 0.3) is 5.91 Å². The minimum Gasteiger partial charge on any atom is -0.478 e. The average Bonchev–Trinajstić information content (AvgIpc) is 3.27. The number of hydrogen-bond donors (Lipinski definition) is 1. The number of carbonyl (C=O) groups excluding carboxylic acids is 3. The lowest BCUT2D eigenvalue weighted by Crippen LogP contribution is -2.48. The van der Waals surface area contributed by atoms with E-state index in [1.807, 2.05) is 37.4 Å². The molecule has 0 radical (unpaired) electrons. The summed E-state index contributed by atoms with van der Waals surface area (Å²) in [5.74, 6) is -0.509. The van der Waals surface area contributed by atoms with E-state index >= 15 is 0 Å². The number of aryl methyl sites for hydroxylation is 1. The number of nitrogens with one attached hydrogen (secondary N) is 1. The van der Waals surface area contributed by atoms with Crippen molar-refractivity contribution in [2.45, 2.75) is 33.3 Å². The zero-order valence-corrected chi connectivity index (χ0v) is 20.0. The molecule has 1 N–H and O–H groups in total. The maximum absolute atomic E-state index is 13.1. The SMILES string of the molecule is CCOC(=O)c1ccc(NC(=O)CN2C(=O)C(CC)Oc3ccc(-c4csc(C)n4)cc32)cc1. The molecule has 3 aromatic rings. The average molecular weight is 480 g/mol. The maximum atomic E-state index is 13.1. The molecule has 0 fully saturated rings. The first kappa shape index (κ1) is 23.4. The van der Waals surface area contributed by atoms with Gasteiger partial charge in [-0.05, 0) is 62.7 Å². The third-order valence-electron chi connectivity index (χ3n) is 5.33. The molecule has 9 heteroatoms. The van der Waals surface area contributed by atoms with E-state index in [-0.39, 0.29) is 25.0 Å². The Morgan fingerprint density at radius 2 is 1.94 bits per heavy atom. The van der Waals surface area contributed by atoms with Gasteiger partial charge in [-0.3, -0.25) is 14.5 Å². The summed E-state index contributed by atoms with van der Waals surface area (Å²) in [6, 6.07) is 11.9. The van der Waals surface area contributed by atoms with Crippen LogP contribution in [0, 0.1) is 6.92 Å². The Kier molecular flexibility index (Phi) is 6.93. The summed E-state index contributed by atoms with van der Waals surface area (Å²) in [6.45, 7) is 5.64. The molecule has 1 atom stereocenters. The van der Waals surface area contributed by atoms with Crippen LogP contribution in [0.1, 0.15) is 35.6 Å². The zero-order chi connectivity index (χ0) is 24.2. The monoisotopic (exact) mass is 479 g/mol. The molecule has 2 amide bonds. The predicted molar refractivity (Wildman–Crippen MR) is 130 cm³/mol. The van der Waals surface area contributed by atoms with E-state index in [1.165, 1.54) is 4.90 Å². The van der Waals surface area contributed by atoms with Crippen molar-refractivity contribution < 1.29 is 23.9 Å². The van der Waals surface area contributed by atoms with E-state index in [0.29, 0.717) is 29.1 Å². The summed E-state index contributed by atoms with van der Waals surface area (Å²) < 4.78 is 10.9. The Balaban J connectivity index is 1.55. The number of benzene rings is 2. The van der Waals surface area contributed by atoms with E-state index in [0.717, 1.165) is 16.3 Å². The lowest BCUT2D eigenvalue weighted by Gasteiger charge is -2.34. The van der Waals surface area contributed by atoms with Crippen LogP contribution in [-0.2, 0) is 14.3 Å². The van der Waals surface area contributed by atoms with Gasteiger partial charge in [-0.15, -0.1) is 11.3 Å². The molecule has 8 nitrogen and oxygen atoms in total. The molecule has 176 valence electrons. The molecule has 2 aromatic carbocycles. The molecular formula is C25H25N3O5S. The summed E-state index contributed by atoms with van der Waals surface area (Å²) >= 11 is 1.54. The van der Waals surface area contributed by atoms with Gasteiger partial charge < -0.3 is 14.8 Å². The van der Waals surface area contributed by atoms with Gasteiger partial charge in [-0.25, -0.2) is 9.78 Å². The van der Waals surface area contributed by atoms with Crippen LogP contribution in [0.4, 0.5) is 11.4 Å². The fourth-order valence-corrected chi connectivity index (χ4v) is 4.27. The number of thiazole rings is 1. The smallest absolute Gasteiger partial charge is 0.338 e. The molecule has 0 bridgehead atoms. The minimum atomic E-state index is -0.656. The molecule has 34 heavy (non-hydrogen) atoms. The number of nitrogens with zero attached hydrogens (tertiary/aromatic N) is 2. The highest BCUT2D eigenvalue weighted by Crippen LogP contribution is 2.38. The first-order chi connectivity index (χ1) is 16.4. The molecular weight excluding hydrogens is 454 g/mol. The maximum Gasteiger partial charge on any atom is 0.338 e. The quantitative estimate of drug-likeness (QED) is 0.503. The Labute approximate surface area is 201 Å². The molecule has 1 aliphatic heterocycles. The fourth-order valence-electron chi connectivity index (χ4n) is 3.65. The molecule has 1 aromatic heterocycles. The highest BCUT2D eigenvalue weighted by atomic mass is 32.1. The Bertz CT molecular complexity index is 1220. The van der Waals surface area contributed by atoms with Crippen LogP contribution in [-0.4, -0.2) is 42.0 Å². The normalized spacial score (nSPS) is 14.9. The molecule has 0 spiro atoms. The predicted octanol–water partition coefficient (Wildman–Crippen LogP) is 4.44. The summed E-state index contributed by atoms with van der Waals surface area (Å²) in [6.07, 6.45) is -0.171. The van der Waals surface area contributed by atoms with E-state index < -0.39 is 12.1 Å². The van der Waals surface area contributed by atoms with Gasteiger partial charge in [0.2, 0.25) is 5.91 Å². The number of ether oxygens (including phenoxy) is 2. The van der Waals surface area contributed by atoms with Crippen molar-refractivity contribution in [3.8, 4) is 17.0 Å². The lowest BCUT2D eigenvalue weighted by atomic mass is 10.1. The van der Waals surface area contributed by atoms with E-state index in [9.17, 15) is 14.4 Å². The van der Waals surface area contributed by atoms with Crippen LogP contribution in [0.5, 0.6) is 5.75 Å². The first-order valence-electron chi connectivity index (χ1n) is 11.0. The third-order valence-corrected chi connectivity index (χ3v) is 6.10. The second-order valence-corrected chi connectivity index (χ2v) is 8.78. The van der Waals surface area contributed by atoms with Gasteiger partial charge in [-0.2, -0.15) is 0 Å². The molecule has 1 aliphatic rings. The number of esters is 1. The van der Waals surface area contributed by atoms with Crippen molar-refractivity contribution in [2.24, 2.45) is 0 Å². The summed E-state index contributed by atoms with van der Waals surface area (Å²) in [7, 11) is 0. The molecule has 0 saturated carbocycles. The van der Waals surface area contributed by atoms with Crippen molar-refractivity contribution in [2.75, 3.05) is 23.4 Å². The fraction of sp³-hybridized carbons (Fsp3) is 0.280. The van der Waals surface area contributed by atoms with Gasteiger partial charge in [0.05, 0.1) is 28.6 Å². The molecule has 0 saturated heterocycles. The van der Waals surface area contributed by atoms with Crippen LogP contribution in [0.15, 0.2) is 47.8 Å². The number of amides is 2. The van der Waals surface area contributed by atoms with E-state index in [4.69, 9.17) is 9.47 Å². The number of carbonyl (C=O) groups is 3. The van der Waals surface area contributed by atoms with Crippen molar-refractivity contribution in [3.63, 3.8) is 0 Å². The van der Waals surface area contributed by atoms with Crippen molar-refractivity contribution in [1.82, 2.24) is 4.98 Å². The minimum absolute atomic E-state index is 0.176. The number of hydrogen-bond acceptors (Lipinski definition) is 7. The number of aromatic nitrogens is 1. The Morgan fingerprint density at radius 3 is 2.59 bits per heavy atom. The number of anilines is 2. The topological polar surface area (TPSA) is 97.8 Å². The second kappa shape index (κ2) is 10.0. The second-order valence-electron chi connectivity index (χ2n) is 7.72. The molecule has 0 aliphatic carbocycles. The van der Waals surface area contributed by atoms with Crippen LogP contribution in [0.25, 0.3) is 11.3 Å². The van der Waals surface area contributed by atoms with Gasteiger partial charge in [0.15, 0.2) is 6.10 Å². The summed E-state index contributed by atoms with van der Waals surface area (Å²) in [4.78, 5) is 43.7. The van der Waals surface area contributed by atoms with Crippen LogP contribution >= 0.6 is 11.3 Å². The van der Waals surface area contributed by atoms with Crippen LogP contribution in [0.3, 0.4) is 0 Å². The van der Waals surface area contributed by atoms with Crippen molar-refractivity contribution in [1.29, 1.82) is 0 Å². The zero-order valence-electron chi connectivity index (χ0n) is 19.2. The van der Waals surface area contributed by atoms with Gasteiger partial charge in [0, 0.05) is 16.6 Å². The van der Waals surface area contributed by atoms with E-state index in [1.54, 1.807) is 42.5 Å². The molecule has 4 rings (SSSR count). The highest BCUT2D eigenvalue weighted by molar-refractivity contribution is 7.09. The van der Waals surface area contributed by atoms with Crippen molar-refractivity contribution in [3.05, 3.63) is 58.4 Å². The third kappa shape index (κ3) is 4.94. The summed E-state index contributed by atoms with van der Waals surface area (Å²) in [5, 5.41) is 5.68. The van der Waals surface area contributed by atoms with Crippen LogP contribution in [0.2, 0.25) is 0 Å². The highest BCUT2D eigenvalue weighted by Gasteiger charge is 2.34. The lowest BCUT2D eigenvalue weighted by molar-refractivity contribution is -0.128. The van der Waals surface area contributed by atoms with Crippen molar-refractivity contribution >= 4 is 40.5 Å². The Hall–Kier alpha value is -3.72. The number of rotatable bonds is 7. The summed E-state index contributed by atoms with van der Waals surface area (Å²) in [5.41, 5.74) is 3.09. The molecule has 1 unspecified atom stereocenters. The standard InChI is InChI=1S/C25H25N3O5S/c1-4-21-24(30)28(13-23(29)27-18-9-6-16(7-10-18)25(31)32-5-2)20-12-17(8-11-22(20)33-21)19-14-34-15(3)26-19/h6-12,14,21H,4-5,13H2,1-3H3,(H,27,29). The number of fused-ring (bicyclic) bond motifs is 1.